The van der Waals surface area contributed by atoms with Crippen molar-refractivity contribution in [2.75, 3.05) is 0 Å². The maximum absolute atomic E-state index is 6.81. The lowest BCUT2D eigenvalue weighted by molar-refractivity contribution is 0.674. The van der Waals surface area contributed by atoms with Gasteiger partial charge in [-0.1, -0.05) is 152 Å². The van der Waals surface area contributed by atoms with E-state index in [1.807, 2.05) is 17.4 Å². The molecule has 11 rings (SSSR count). The van der Waals surface area contributed by atoms with Gasteiger partial charge in [0.1, 0.15) is 11.2 Å². The summed E-state index contributed by atoms with van der Waals surface area (Å²) in [5, 5.41) is 9.07. The number of fused-ring (bicyclic) bond motifs is 9. The molecule has 4 heteroatoms. The summed E-state index contributed by atoms with van der Waals surface area (Å²) in [6.45, 7) is 0. The van der Waals surface area contributed by atoms with E-state index in [4.69, 9.17) is 14.4 Å². The molecule has 0 N–H and O–H groups in total. The van der Waals surface area contributed by atoms with Crippen LogP contribution in [0.1, 0.15) is 0 Å². The highest BCUT2D eigenvalue weighted by atomic mass is 32.1. The van der Waals surface area contributed by atoms with Crippen LogP contribution in [0.3, 0.4) is 0 Å². The van der Waals surface area contributed by atoms with Gasteiger partial charge in [0.2, 0.25) is 0 Å². The molecule has 0 unspecified atom stereocenters. The first-order valence-electron chi connectivity index (χ1n) is 17.5. The Bertz CT molecular complexity index is 3190. The Morgan fingerprint density at radius 2 is 0.981 bits per heavy atom. The predicted octanol–water partition coefficient (Wildman–Crippen LogP) is 13.7. The molecule has 242 valence electrons. The van der Waals surface area contributed by atoms with Gasteiger partial charge in [-0.25, -0.2) is 9.97 Å². The Hall–Kier alpha value is -6.62. The molecular formula is C48H28N2OS. The zero-order valence-corrected chi connectivity index (χ0v) is 28.7. The minimum absolute atomic E-state index is 0.685. The van der Waals surface area contributed by atoms with Gasteiger partial charge >= 0.3 is 0 Å². The maximum atomic E-state index is 6.81. The Kier molecular flexibility index (Phi) is 6.42. The molecule has 3 aromatic heterocycles. The standard InChI is InChI=1S/C48H28N2OS/c1-2-13-30(14-3-1)32-21-11-23-37-40-27-41(33-18-6-7-20-36(33)46(40)51-45(32)37)48-49-42(34-22-10-16-29-15-4-5-17-31(29)34)28-43(50-48)39-25-12-24-38-35-19-8-9-26-44(35)52-47(38)39/h1-28H. The lowest BCUT2D eigenvalue weighted by Crippen LogP contribution is -1.97. The topological polar surface area (TPSA) is 38.9 Å². The van der Waals surface area contributed by atoms with E-state index in [0.717, 1.165) is 77.3 Å². The van der Waals surface area contributed by atoms with E-state index in [1.165, 1.54) is 25.6 Å². The first-order valence-corrected chi connectivity index (χ1v) is 18.3. The Balaban J connectivity index is 1.23. The van der Waals surface area contributed by atoms with Crippen LogP contribution in [0.15, 0.2) is 174 Å². The van der Waals surface area contributed by atoms with Crippen LogP contribution >= 0.6 is 11.3 Å². The molecule has 0 amide bonds. The molecule has 0 bridgehead atoms. The molecule has 0 atom stereocenters. The van der Waals surface area contributed by atoms with Crippen LogP contribution in [-0.4, -0.2) is 9.97 Å². The van der Waals surface area contributed by atoms with E-state index in [0.29, 0.717) is 5.82 Å². The summed E-state index contributed by atoms with van der Waals surface area (Å²) in [5.74, 6) is 0.685. The molecule has 8 aromatic carbocycles. The number of hydrogen-bond donors (Lipinski definition) is 0. The summed E-state index contributed by atoms with van der Waals surface area (Å²) in [7, 11) is 0. The van der Waals surface area contributed by atoms with Gasteiger partial charge in [0, 0.05) is 58.6 Å². The number of hydrogen-bond acceptors (Lipinski definition) is 4. The zero-order chi connectivity index (χ0) is 34.2. The van der Waals surface area contributed by atoms with Crippen LogP contribution in [-0.2, 0) is 0 Å². The van der Waals surface area contributed by atoms with Gasteiger partial charge in [-0.2, -0.15) is 0 Å². The van der Waals surface area contributed by atoms with E-state index < -0.39 is 0 Å². The highest BCUT2D eigenvalue weighted by molar-refractivity contribution is 7.26. The van der Waals surface area contributed by atoms with Crippen molar-refractivity contribution in [3.63, 3.8) is 0 Å². The summed E-state index contributed by atoms with van der Waals surface area (Å²) in [4.78, 5) is 10.9. The second-order valence-electron chi connectivity index (χ2n) is 13.3. The second-order valence-corrected chi connectivity index (χ2v) is 14.3. The van der Waals surface area contributed by atoms with Crippen molar-refractivity contribution in [1.82, 2.24) is 9.97 Å². The maximum Gasteiger partial charge on any atom is 0.161 e. The van der Waals surface area contributed by atoms with Crippen molar-refractivity contribution >= 4 is 75.0 Å². The third-order valence-electron chi connectivity index (χ3n) is 10.3. The van der Waals surface area contributed by atoms with Gasteiger partial charge in [0.05, 0.1) is 11.4 Å². The molecule has 0 spiro atoms. The number of nitrogens with zero attached hydrogens (tertiary/aromatic N) is 2. The van der Waals surface area contributed by atoms with Crippen molar-refractivity contribution in [2.45, 2.75) is 0 Å². The molecular weight excluding hydrogens is 653 g/mol. The van der Waals surface area contributed by atoms with Crippen LogP contribution in [0.25, 0.3) is 109 Å². The van der Waals surface area contributed by atoms with E-state index in [2.05, 4.69) is 164 Å². The molecule has 3 nitrogen and oxygen atoms in total. The van der Waals surface area contributed by atoms with Crippen LogP contribution in [0.2, 0.25) is 0 Å². The number of aromatic nitrogens is 2. The van der Waals surface area contributed by atoms with Crippen molar-refractivity contribution < 1.29 is 4.42 Å². The monoisotopic (exact) mass is 680 g/mol. The van der Waals surface area contributed by atoms with Gasteiger partial charge in [0.15, 0.2) is 5.82 Å². The largest absolute Gasteiger partial charge is 0.455 e. The fourth-order valence-corrected chi connectivity index (χ4v) is 9.12. The van der Waals surface area contributed by atoms with E-state index in [1.54, 1.807) is 0 Å². The van der Waals surface area contributed by atoms with Gasteiger partial charge < -0.3 is 4.42 Å². The summed E-state index contributed by atoms with van der Waals surface area (Å²) in [5.41, 5.74) is 8.92. The quantitative estimate of drug-likeness (QED) is 0.186. The van der Waals surface area contributed by atoms with Gasteiger partial charge in [-0.05, 0) is 39.9 Å². The third-order valence-corrected chi connectivity index (χ3v) is 11.5. The zero-order valence-electron chi connectivity index (χ0n) is 27.9. The van der Waals surface area contributed by atoms with E-state index in [9.17, 15) is 0 Å². The van der Waals surface area contributed by atoms with Crippen molar-refractivity contribution in [3.05, 3.63) is 170 Å². The molecule has 0 fully saturated rings. The molecule has 0 saturated carbocycles. The minimum atomic E-state index is 0.685. The number of thiophene rings is 1. The van der Waals surface area contributed by atoms with Gasteiger partial charge in [0.25, 0.3) is 0 Å². The fraction of sp³-hybridized carbons (Fsp3) is 0. The minimum Gasteiger partial charge on any atom is -0.455 e. The lowest BCUT2D eigenvalue weighted by Gasteiger charge is -2.13. The summed E-state index contributed by atoms with van der Waals surface area (Å²) in [6, 6.07) is 60.0. The Labute approximate surface area is 303 Å². The average molecular weight is 681 g/mol. The fourth-order valence-electron chi connectivity index (χ4n) is 7.89. The van der Waals surface area contributed by atoms with Gasteiger partial charge in [-0.15, -0.1) is 11.3 Å². The smallest absolute Gasteiger partial charge is 0.161 e. The number of furan rings is 1. The van der Waals surface area contributed by atoms with Crippen molar-refractivity contribution in [3.8, 4) is 45.0 Å². The predicted molar refractivity (Wildman–Crippen MR) is 219 cm³/mol. The molecule has 0 saturated heterocycles. The third kappa shape index (κ3) is 4.45. The number of benzene rings is 8. The Morgan fingerprint density at radius 1 is 0.385 bits per heavy atom. The Morgan fingerprint density at radius 3 is 1.85 bits per heavy atom. The molecule has 11 aromatic rings. The molecule has 0 aliphatic rings. The molecule has 52 heavy (non-hydrogen) atoms. The number of para-hydroxylation sites is 1. The highest BCUT2D eigenvalue weighted by Crippen LogP contribution is 2.44. The first kappa shape index (κ1) is 29.1. The highest BCUT2D eigenvalue weighted by Gasteiger charge is 2.21. The molecule has 0 radical (unpaired) electrons. The van der Waals surface area contributed by atoms with Crippen LogP contribution in [0.4, 0.5) is 0 Å². The van der Waals surface area contributed by atoms with Crippen LogP contribution < -0.4 is 0 Å². The van der Waals surface area contributed by atoms with E-state index >= 15 is 0 Å². The van der Waals surface area contributed by atoms with E-state index in [-0.39, 0.29) is 0 Å². The SMILES string of the molecule is c1ccc(-c2cccc3c2oc2c4ccccc4c(-c4nc(-c5cccc6ccccc56)cc(-c5cccc6c5sc5ccccc56)n4)cc32)cc1. The van der Waals surface area contributed by atoms with Crippen molar-refractivity contribution in [1.29, 1.82) is 0 Å². The first-order chi connectivity index (χ1) is 25.8. The number of rotatable bonds is 4. The van der Waals surface area contributed by atoms with Crippen LogP contribution in [0, 0.1) is 0 Å². The van der Waals surface area contributed by atoms with Crippen LogP contribution in [0.5, 0.6) is 0 Å². The summed E-state index contributed by atoms with van der Waals surface area (Å²) >= 11 is 1.82. The normalized spacial score (nSPS) is 11.8. The van der Waals surface area contributed by atoms with Crippen molar-refractivity contribution in [2.24, 2.45) is 0 Å². The van der Waals surface area contributed by atoms with Gasteiger partial charge in [-0.3, -0.25) is 0 Å². The average Bonchev–Trinajstić information content (AvgIpc) is 3.79. The molecule has 0 aliphatic heterocycles. The lowest BCUT2D eigenvalue weighted by atomic mass is 9.97. The summed E-state index contributed by atoms with van der Waals surface area (Å²) < 4.78 is 9.31. The molecule has 3 heterocycles. The summed E-state index contributed by atoms with van der Waals surface area (Å²) in [6.07, 6.45) is 0. The second kappa shape index (κ2) is 11.5. The molecule has 0 aliphatic carbocycles.